The molecule has 1 aliphatic rings. The highest BCUT2D eigenvalue weighted by Gasteiger charge is 2.33. The zero-order valence-electron chi connectivity index (χ0n) is 20.1. The van der Waals surface area contributed by atoms with E-state index in [0.29, 0.717) is 43.7 Å². The van der Waals surface area contributed by atoms with E-state index in [4.69, 9.17) is 25.8 Å². The monoisotopic (exact) mass is 524 g/mol. The van der Waals surface area contributed by atoms with Crippen molar-refractivity contribution in [2.24, 2.45) is 4.99 Å². The second-order valence-electron chi connectivity index (χ2n) is 7.86. The molecule has 0 bridgehead atoms. The number of hydrogen-bond donors (Lipinski definition) is 0. The molecular formula is C27H25ClN2O5S. The van der Waals surface area contributed by atoms with Gasteiger partial charge in [0.1, 0.15) is 6.61 Å². The van der Waals surface area contributed by atoms with Crippen molar-refractivity contribution in [3.8, 4) is 11.5 Å². The molecule has 7 nitrogen and oxygen atoms in total. The number of fused-ring (bicyclic) bond motifs is 1. The van der Waals surface area contributed by atoms with Crippen LogP contribution in [0.3, 0.4) is 0 Å². The molecular weight excluding hydrogens is 500 g/mol. The smallest absolute Gasteiger partial charge is 0.338 e. The second-order valence-corrected chi connectivity index (χ2v) is 9.31. The second kappa shape index (κ2) is 11.0. The van der Waals surface area contributed by atoms with Crippen LogP contribution in [-0.4, -0.2) is 30.9 Å². The van der Waals surface area contributed by atoms with Crippen LogP contribution in [0.15, 0.2) is 76.2 Å². The van der Waals surface area contributed by atoms with Gasteiger partial charge in [0, 0.05) is 5.02 Å². The van der Waals surface area contributed by atoms with Crippen molar-refractivity contribution in [2.45, 2.75) is 19.9 Å². The maximum Gasteiger partial charge on any atom is 0.338 e. The molecule has 0 spiro atoms. The molecule has 4 rings (SSSR count). The Morgan fingerprint density at radius 2 is 1.97 bits per heavy atom. The van der Waals surface area contributed by atoms with Gasteiger partial charge in [-0.1, -0.05) is 53.8 Å². The number of halogens is 1. The van der Waals surface area contributed by atoms with E-state index < -0.39 is 12.0 Å². The Morgan fingerprint density at radius 3 is 2.64 bits per heavy atom. The lowest BCUT2D eigenvalue weighted by Gasteiger charge is -2.24. The van der Waals surface area contributed by atoms with Crippen LogP contribution in [0.5, 0.6) is 11.5 Å². The Hall–Kier alpha value is -3.62. The number of hydrogen-bond acceptors (Lipinski definition) is 7. The Balaban J connectivity index is 1.87. The van der Waals surface area contributed by atoms with Crippen LogP contribution >= 0.6 is 22.9 Å². The molecule has 3 aromatic rings. The third-order valence-electron chi connectivity index (χ3n) is 5.54. The molecule has 186 valence electrons. The van der Waals surface area contributed by atoms with Crippen molar-refractivity contribution < 1.29 is 19.0 Å². The van der Waals surface area contributed by atoms with Crippen LogP contribution in [0.25, 0.3) is 6.08 Å². The van der Waals surface area contributed by atoms with E-state index in [1.807, 2.05) is 6.07 Å². The minimum absolute atomic E-state index is 0.210. The highest BCUT2D eigenvalue weighted by Crippen LogP contribution is 2.31. The molecule has 0 fully saturated rings. The molecule has 0 radical (unpaired) electrons. The minimum Gasteiger partial charge on any atom is -0.493 e. The Morgan fingerprint density at radius 1 is 1.22 bits per heavy atom. The van der Waals surface area contributed by atoms with Gasteiger partial charge >= 0.3 is 5.97 Å². The molecule has 0 amide bonds. The Kier molecular flexibility index (Phi) is 7.76. The summed E-state index contributed by atoms with van der Waals surface area (Å²) < 4.78 is 18.4. The minimum atomic E-state index is -0.691. The fourth-order valence-corrected chi connectivity index (χ4v) is 5.12. The topological polar surface area (TPSA) is 79.1 Å². The SMILES string of the molecule is C=CCOc1ccc(/C=c2\sc3n(c2=O)[C@@H](c2ccc(Cl)cc2)C(C(=O)OCC)=C(C)N=3)cc1OC. The first-order valence-corrected chi connectivity index (χ1v) is 12.4. The average Bonchev–Trinajstić information content (AvgIpc) is 3.17. The van der Waals surface area contributed by atoms with Crippen LogP contribution in [0.4, 0.5) is 0 Å². The highest BCUT2D eigenvalue weighted by molar-refractivity contribution is 7.07. The lowest BCUT2D eigenvalue weighted by molar-refractivity contribution is -0.139. The third-order valence-corrected chi connectivity index (χ3v) is 6.78. The normalized spacial score (nSPS) is 15.2. The van der Waals surface area contributed by atoms with Gasteiger partial charge < -0.3 is 14.2 Å². The van der Waals surface area contributed by atoms with Crippen LogP contribution < -0.4 is 24.4 Å². The Bertz CT molecular complexity index is 1520. The number of nitrogens with zero attached hydrogens (tertiary/aromatic N) is 2. The number of thiazole rings is 1. The van der Waals surface area contributed by atoms with Gasteiger partial charge in [0.25, 0.3) is 5.56 Å². The van der Waals surface area contributed by atoms with Crippen LogP contribution in [0.1, 0.15) is 31.0 Å². The zero-order valence-corrected chi connectivity index (χ0v) is 21.7. The lowest BCUT2D eigenvalue weighted by Crippen LogP contribution is -2.39. The van der Waals surface area contributed by atoms with E-state index in [0.717, 1.165) is 11.1 Å². The molecule has 36 heavy (non-hydrogen) atoms. The summed E-state index contributed by atoms with van der Waals surface area (Å²) >= 11 is 7.35. The van der Waals surface area contributed by atoms with Crippen LogP contribution in [0.2, 0.25) is 5.02 Å². The predicted octanol–water partition coefficient (Wildman–Crippen LogP) is 4.03. The molecule has 0 saturated heterocycles. The van der Waals surface area contributed by atoms with Crippen molar-refractivity contribution in [3.05, 3.63) is 102 Å². The predicted molar refractivity (Wildman–Crippen MR) is 141 cm³/mol. The summed E-state index contributed by atoms with van der Waals surface area (Å²) in [5, 5.41) is 0.555. The van der Waals surface area contributed by atoms with E-state index in [9.17, 15) is 9.59 Å². The van der Waals surface area contributed by atoms with Gasteiger partial charge in [0.2, 0.25) is 0 Å². The summed E-state index contributed by atoms with van der Waals surface area (Å²) in [6.07, 6.45) is 3.42. The summed E-state index contributed by atoms with van der Waals surface area (Å²) in [5.74, 6) is 0.610. The standard InChI is InChI=1S/C27H25ClN2O5S/c1-5-13-35-20-12-7-17(14-21(20)33-4)15-22-25(31)30-24(18-8-10-19(28)11-9-18)23(26(32)34-6-2)16(3)29-27(30)36-22/h5,7-12,14-15,24H,1,6,13H2,2-4H3/b22-15-/t24-/m0/s1. The number of ether oxygens (including phenoxy) is 3. The molecule has 1 atom stereocenters. The van der Waals surface area contributed by atoms with Crippen molar-refractivity contribution in [1.82, 2.24) is 4.57 Å². The number of methoxy groups -OCH3 is 1. The largest absolute Gasteiger partial charge is 0.493 e. The number of rotatable bonds is 8. The van der Waals surface area contributed by atoms with Crippen LogP contribution in [-0.2, 0) is 9.53 Å². The number of allylic oxidation sites excluding steroid dienone is 1. The quantitative estimate of drug-likeness (QED) is 0.328. The van der Waals surface area contributed by atoms with Gasteiger partial charge in [0.05, 0.1) is 35.6 Å². The van der Waals surface area contributed by atoms with Crippen molar-refractivity contribution in [2.75, 3.05) is 20.3 Å². The van der Waals surface area contributed by atoms with E-state index in [2.05, 4.69) is 11.6 Å². The van der Waals surface area contributed by atoms with Gasteiger partial charge in [-0.15, -0.1) is 0 Å². The number of aromatic nitrogens is 1. The zero-order chi connectivity index (χ0) is 25.8. The van der Waals surface area contributed by atoms with Gasteiger partial charge in [-0.3, -0.25) is 9.36 Å². The lowest BCUT2D eigenvalue weighted by atomic mass is 9.96. The first kappa shape index (κ1) is 25.5. The number of esters is 1. The van der Waals surface area contributed by atoms with Gasteiger partial charge in [-0.25, -0.2) is 9.79 Å². The number of carbonyl (C=O) groups is 1. The molecule has 9 heteroatoms. The maximum atomic E-state index is 13.7. The van der Waals surface area contributed by atoms with Crippen molar-refractivity contribution in [3.63, 3.8) is 0 Å². The molecule has 2 aromatic carbocycles. The van der Waals surface area contributed by atoms with Gasteiger partial charge in [-0.05, 0) is 55.3 Å². The molecule has 0 unspecified atom stereocenters. The summed E-state index contributed by atoms with van der Waals surface area (Å²) in [6, 6.07) is 11.8. The number of carbonyl (C=O) groups excluding carboxylic acids is 1. The molecule has 1 aliphatic heterocycles. The molecule has 0 aliphatic carbocycles. The van der Waals surface area contributed by atoms with E-state index in [1.165, 1.54) is 15.9 Å². The van der Waals surface area contributed by atoms with E-state index in [-0.39, 0.29) is 12.2 Å². The molecule has 0 N–H and O–H groups in total. The fourth-order valence-electron chi connectivity index (χ4n) is 3.95. The highest BCUT2D eigenvalue weighted by atomic mass is 35.5. The summed E-state index contributed by atoms with van der Waals surface area (Å²) in [5.41, 5.74) is 2.05. The first-order valence-electron chi connectivity index (χ1n) is 11.2. The first-order chi connectivity index (χ1) is 17.4. The average molecular weight is 525 g/mol. The van der Waals surface area contributed by atoms with Crippen LogP contribution in [0, 0.1) is 0 Å². The summed E-state index contributed by atoms with van der Waals surface area (Å²) in [4.78, 5) is 31.7. The molecule has 2 heterocycles. The van der Waals surface area contributed by atoms with E-state index >= 15 is 0 Å². The maximum absolute atomic E-state index is 13.7. The number of benzene rings is 2. The summed E-state index contributed by atoms with van der Waals surface area (Å²) in [7, 11) is 1.56. The third kappa shape index (κ3) is 5.01. The Labute approximate surface area is 217 Å². The summed E-state index contributed by atoms with van der Waals surface area (Å²) in [6.45, 7) is 7.70. The molecule has 1 aromatic heterocycles. The molecule has 0 saturated carbocycles. The van der Waals surface area contributed by atoms with Crippen molar-refractivity contribution in [1.29, 1.82) is 0 Å². The van der Waals surface area contributed by atoms with Crippen molar-refractivity contribution >= 4 is 35.0 Å². The van der Waals surface area contributed by atoms with E-state index in [1.54, 1.807) is 69.5 Å². The fraction of sp³-hybridized carbons (Fsp3) is 0.222. The van der Waals surface area contributed by atoms with Gasteiger partial charge in [-0.2, -0.15) is 0 Å². The van der Waals surface area contributed by atoms with Gasteiger partial charge in [0.15, 0.2) is 16.3 Å².